The molecule has 3 N–H and O–H groups in total. The van der Waals surface area contributed by atoms with E-state index in [4.69, 9.17) is 15.2 Å². The van der Waals surface area contributed by atoms with Crippen molar-refractivity contribution in [2.45, 2.75) is 19.9 Å². The van der Waals surface area contributed by atoms with E-state index < -0.39 is 0 Å². The van der Waals surface area contributed by atoms with E-state index in [1.54, 1.807) is 7.11 Å². The third kappa shape index (κ3) is 7.74. The lowest BCUT2D eigenvalue weighted by Gasteiger charge is -2.08. The number of ether oxygens (including phenoxy) is 2. The lowest BCUT2D eigenvalue weighted by atomic mass is 10.1. The van der Waals surface area contributed by atoms with E-state index in [1.807, 2.05) is 36.4 Å². The molecule has 2 aromatic carbocycles. The van der Waals surface area contributed by atoms with E-state index in [0.29, 0.717) is 25.7 Å². The average molecular weight is 455 g/mol. The Morgan fingerprint density at radius 3 is 2.52 bits per heavy atom. The number of hydrogen-bond donors (Lipinski definition) is 2. The number of rotatable bonds is 8. The van der Waals surface area contributed by atoms with Crippen molar-refractivity contribution in [1.29, 1.82) is 0 Å². The molecule has 2 aromatic rings. The van der Waals surface area contributed by atoms with Gasteiger partial charge in [0.2, 0.25) is 0 Å². The van der Waals surface area contributed by atoms with E-state index in [2.05, 4.69) is 29.4 Å². The molecule has 0 aliphatic rings. The Balaban J connectivity index is 0.00000312. The molecule has 0 aliphatic heterocycles. The maximum absolute atomic E-state index is 5.96. The molecule has 0 fully saturated rings. The summed E-state index contributed by atoms with van der Waals surface area (Å²) in [5.74, 6) is 1.23. The Hall–Kier alpha value is -1.80. The minimum atomic E-state index is 0. The van der Waals surface area contributed by atoms with E-state index in [1.165, 1.54) is 5.56 Å². The summed E-state index contributed by atoms with van der Waals surface area (Å²) >= 11 is 0. The molecule has 0 saturated carbocycles. The lowest BCUT2D eigenvalue weighted by Crippen LogP contribution is -2.22. The van der Waals surface area contributed by atoms with Crippen LogP contribution in [0, 0.1) is 0 Å². The number of nitrogens with two attached hydrogens (primary N) is 1. The normalized spacial score (nSPS) is 10.9. The van der Waals surface area contributed by atoms with Gasteiger partial charge in [0.25, 0.3) is 0 Å². The minimum absolute atomic E-state index is 0. The van der Waals surface area contributed by atoms with Gasteiger partial charge in [0, 0.05) is 12.8 Å². The highest BCUT2D eigenvalue weighted by Gasteiger charge is 1.98. The predicted octanol–water partition coefficient (Wildman–Crippen LogP) is 3.82. The Bertz CT molecular complexity index is 660. The molecule has 0 aromatic heterocycles. The number of aliphatic imine (C=N–C) groups is 1. The number of nitrogens with one attached hydrogen (secondary N) is 1. The average Bonchev–Trinajstić information content (AvgIpc) is 2.61. The summed E-state index contributed by atoms with van der Waals surface area (Å²) in [5.41, 5.74) is 9.24. The highest BCUT2D eigenvalue weighted by Crippen LogP contribution is 2.13. The van der Waals surface area contributed by atoms with Gasteiger partial charge in [-0.05, 0) is 41.8 Å². The quantitative estimate of drug-likeness (QED) is 0.275. The fourth-order valence-corrected chi connectivity index (χ4v) is 2.17. The summed E-state index contributed by atoms with van der Waals surface area (Å²) < 4.78 is 10.5. The summed E-state index contributed by atoms with van der Waals surface area (Å²) in [6, 6.07) is 16.0. The van der Waals surface area contributed by atoms with Crippen molar-refractivity contribution in [2.75, 3.05) is 25.6 Å². The zero-order valence-corrected chi connectivity index (χ0v) is 17.0. The first-order valence-corrected chi connectivity index (χ1v) is 8.08. The molecular weight excluding hydrogens is 429 g/mol. The van der Waals surface area contributed by atoms with Crippen molar-refractivity contribution in [2.24, 2.45) is 10.7 Å². The fraction of sp³-hybridized carbons (Fsp3) is 0.316. The van der Waals surface area contributed by atoms with Crippen molar-refractivity contribution < 1.29 is 9.47 Å². The second-order valence-electron chi connectivity index (χ2n) is 5.37. The number of benzene rings is 2. The SMILES string of the molecule is CCc1cccc(NC(N)=NCc2ccc(OCCOC)cc2)c1.I. The van der Waals surface area contributed by atoms with Gasteiger partial charge in [-0.1, -0.05) is 31.2 Å². The first-order valence-electron chi connectivity index (χ1n) is 8.08. The largest absolute Gasteiger partial charge is 0.491 e. The van der Waals surface area contributed by atoms with Crippen LogP contribution in [0.2, 0.25) is 0 Å². The molecule has 5 nitrogen and oxygen atoms in total. The number of hydrogen-bond acceptors (Lipinski definition) is 3. The van der Waals surface area contributed by atoms with Crippen molar-refractivity contribution >= 4 is 35.6 Å². The van der Waals surface area contributed by atoms with Crippen molar-refractivity contribution in [3.8, 4) is 5.75 Å². The first-order chi connectivity index (χ1) is 11.7. The first kappa shape index (κ1) is 21.2. The van der Waals surface area contributed by atoms with Crippen LogP contribution in [0.25, 0.3) is 0 Å². The van der Waals surface area contributed by atoms with E-state index in [9.17, 15) is 0 Å². The van der Waals surface area contributed by atoms with Gasteiger partial charge < -0.3 is 20.5 Å². The fourth-order valence-electron chi connectivity index (χ4n) is 2.17. The number of anilines is 1. The number of methoxy groups -OCH3 is 1. The molecule has 0 amide bonds. The smallest absolute Gasteiger partial charge is 0.193 e. The van der Waals surface area contributed by atoms with Crippen LogP contribution in [0.3, 0.4) is 0 Å². The second-order valence-corrected chi connectivity index (χ2v) is 5.37. The molecule has 0 aliphatic carbocycles. The molecular formula is C19H26IN3O2. The lowest BCUT2D eigenvalue weighted by molar-refractivity contribution is 0.146. The zero-order chi connectivity index (χ0) is 17.2. The third-order valence-electron chi connectivity index (χ3n) is 3.52. The molecule has 0 atom stereocenters. The number of aryl methyl sites for hydroxylation is 1. The predicted molar refractivity (Wildman–Crippen MR) is 114 cm³/mol. The van der Waals surface area contributed by atoms with Gasteiger partial charge in [-0.3, -0.25) is 0 Å². The number of guanidine groups is 1. The molecule has 0 heterocycles. The van der Waals surface area contributed by atoms with Gasteiger partial charge in [0.1, 0.15) is 12.4 Å². The van der Waals surface area contributed by atoms with E-state index >= 15 is 0 Å². The summed E-state index contributed by atoms with van der Waals surface area (Å²) in [5, 5.41) is 3.12. The van der Waals surface area contributed by atoms with Crippen LogP contribution < -0.4 is 15.8 Å². The van der Waals surface area contributed by atoms with Crippen LogP contribution in [0.5, 0.6) is 5.75 Å². The van der Waals surface area contributed by atoms with Crippen LogP contribution in [-0.4, -0.2) is 26.3 Å². The van der Waals surface area contributed by atoms with Gasteiger partial charge in [-0.25, -0.2) is 4.99 Å². The molecule has 0 radical (unpaired) electrons. The standard InChI is InChI=1S/C19H25N3O2.HI/c1-3-15-5-4-6-17(13-15)22-19(20)21-14-16-7-9-18(10-8-16)24-12-11-23-2;/h4-10,13H,3,11-12,14H2,1-2H3,(H3,20,21,22);1H. The molecule has 6 heteroatoms. The van der Waals surface area contributed by atoms with E-state index in [-0.39, 0.29) is 24.0 Å². The number of halogens is 1. The summed E-state index contributed by atoms with van der Waals surface area (Å²) in [7, 11) is 1.65. The Morgan fingerprint density at radius 2 is 1.84 bits per heavy atom. The molecule has 2 rings (SSSR count). The molecule has 0 saturated heterocycles. The van der Waals surface area contributed by atoms with E-state index in [0.717, 1.165) is 23.4 Å². The Labute approximate surface area is 166 Å². The Kier molecular flexibility index (Phi) is 9.94. The van der Waals surface area contributed by atoms with Crippen LogP contribution in [0.1, 0.15) is 18.1 Å². The second kappa shape index (κ2) is 11.7. The molecule has 25 heavy (non-hydrogen) atoms. The third-order valence-corrected chi connectivity index (χ3v) is 3.52. The van der Waals surface area contributed by atoms with Gasteiger partial charge in [0.15, 0.2) is 5.96 Å². The zero-order valence-electron chi connectivity index (χ0n) is 14.7. The van der Waals surface area contributed by atoms with Crippen LogP contribution in [0.4, 0.5) is 5.69 Å². The van der Waals surface area contributed by atoms with Gasteiger partial charge >= 0.3 is 0 Å². The summed E-state index contributed by atoms with van der Waals surface area (Å²) in [6.07, 6.45) is 0.991. The van der Waals surface area contributed by atoms with Gasteiger partial charge in [-0.15, -0.1) is 24.0 Å². The van der Waals surface area contributed by atoms with Crippen molar-refractivity contribution in [3.05, 3.63) is 59.7 Å². The van der Waals surface area contributed by atoms with Crippen LogP contribution in [0.15, 0.2) is 53.5 Å². The van der Waals surface area contributed by atoms with Crippen LogP contribution >= 0.6 is 24.0 Å². The minimum Gasteiger partial charge on any atom is -0.491 e. The monoisotopic (exact) mass is 455 g/mol. The molecule has 0 bridgehead atoms. The van der Waals surface area contributed by atoms with Crippen LogP contribution in [-0.2, 0) is 17.7 Å². The maximum atomic E-state index is 5.96. The maximum Gasteiger partial charge on any atom is 0.193 e. The van der Waals surface area contributed by atoms with Gasteiger partial charge in [0.05, 0.1) is 13.2 Å². The topological polar surface area (TPSA) is 68.9 Å². The highest BCUT2D eigenvalue weighted by molar-refractivity contribution is 14.0. The highest BCUT2D eigenvalue weighted by atomic mass is 127. The molecule has 0 unspecified atom stereocenters. The Morgan fingerprint density at radius 1 is 1.08 bits per heavy atom. The number of nitrogens with zero attached hydrogens (tertiary/aromatic N) is 1. The van der Waals surface area contributed by atoms with Gasteiger partial charge in [-0.2, -0.15) is 0 Å². The van der Waals surface area contributed by atoms with Crippen molar-refractivity contribution in [1.82, 2.24) is 0 Å². The van der Waals surface area contributed by atoms with Crippen molar-refractivity contribution in [3.63, 3.8) is 0 Å². The molecule has 136 valence electrons. The summed E-state index contributed by atoms with van der Waals surface area (Å²) in [6.45, 7) is 3.76. The summed E-state index contributed by atoms with van der Waals surface area (Å²) in [4.78, 5) is 4.37. The molecule has 0 spiro atoms.